The van der Waals surface area contributed by atoms with Crippen LogP contribution in [0.2, 0.25) is 0 Å². The monoisotopic (exact) mass is 199 g/mol. The fraction of sp³-hybridized carbons (Fsp3) is 0.231. The van der Waals surface area contributed by atoms with Gasteiger partial charge in [-0.3, -0.25) is 0 Å². The maximum absolute atomic E-state index is 5.46. The molecule has 3 rings (SSSR count). The van der Waals surface area contributed by atoms with Crippen molar-refractivity contribution in [3.8, 4) is 11.3 Å². The van der Waals surface area contributed by atoms with Gasteiger partial charge in [-0.15, -0.1) is 0 Å². The number of nitrogens with one attached hydrogen (secondary N) is 1. The normalized spacial score (nSPS) is 14.9. The summed E-state index contributed by atoms with van der Waals surface area (Å²) in [6.07, 6.45) is 2.84. The van der Waals surface area contributed by atoms with Gasteiger partial charge >= 0.3 is 0 Å². The van der Waals surface area contributed by atoms with Gasteiger partial charge in [0.2, 0.25) is 0 Å². The molecule has 0 amide bonds. The molecule has 1 aromatic heterocycles. The summed E-state index contributed by atoms with van der Waals surface area (Å²) in [4.78, 5) is 0. The molecule has 0 radical (unpaired) electrons. The predicted molar refractivity (Wildman–Crippen MR) is 59.6 cm³/mol. The molecule has 0 unspecified atom stereocenters. The molecule has 2 heterocycles. The van der Waals surface area contributed by atoms with Crippen molar-refractivity contribution in [1.29, 1.82) is 0 Å². The van der Waals surface area contributed by atoms with Gasteiger partial charge < -0.3 is 9.73 Å². The topological polar surface area (TPSA) is 25.2 Å². The van der Waals surface area contributed by atoms with E-state index >= 15 is 0 Å². The second-order valence-corrected chi connectivity index (χ2v) is 3.85. The van der Waals surface area contributed by atoms with Crippen molar-refractivity contribution in [2.24, 2.45) is 0 Å². The Morgan fingerprint density at radius 2 is 2.13 bits per heavy atom. The lowest BCUT2D eigenvalue weighted by atomic mass is 9.95. The predicted octanol–water partition coefficient (Wildman–Crippen LogP) is 2.59. The molecule has 0 bridgehead atoms. The van der Waals surface area contributed by atoms with Crippen LogP contribution in [0.25, 0.3) is 11.3 Å². The van der Waals surface area contributed by atoms with Crippen LogP contribution in [0.5, 0.6) is 0 Å². The highest BCUT2D eigenvalue weighted by Crippen LogP contribution is 2.28. The minimum absolute atomic E-state index is 0.951. The van der Waals surface area contributed by atoms with Gasteiger partial charge in [0, 0.05) is 12.1 Å². The standard InChI is InChI=1S/C13H13NO/c1-3-10-6-7-14-9-12(10)11(4-1)13-5-2-8-15-13/h1-5,8,14H,6-7,9H2. The van der Waals surface area contributed by atoms with Crippen molar-refractivity contribution >= 4 is 0 Å². The van der Waals surface area contributed by atoms with Gasteiger partial charge in [-0.2, -0.15) is 0 Å². The molecular weight excluding hydrogens is 186 g/mol. The van der Waals surface area contributed by atoms with Gasteiger partial charge in [0.1, 0.15) is 5.76 Å². The van der Waals surface area contributed by atoms with Crippen LogP contribution in [0.3, 0.4) is 0 Å². The summed E-state index contributed by atoms with van der Waals surface area (Å²) in [5.41, 5.74) is 4.06. The number of benzene rings is 1. The summed E-state index contributed by atoms with van der Waals surface area (Å²) in [7, 11) is 0. The lowest BCUT2D eigenvalue weighted by molar-refractivity contribution is 0.578. The van der Waals surface area contributed by atoms with Gasteiger partial charge in [-0.1, -0.05) is 18.2 Å². The van der Waals surface area contributed by atoms with E-state index in [1.165, 1.54) is 16.7 Å². The van der Waals surface area contributed by atoms with E-state index in [4.69, 9.17) is 4.42 Å². The highest BCUT2D eigenvalue weighted by atomic mass is 16.3. The summed E-state index contributed by atoms with van der Waals surface area (Å²) >= 11 is 0. The zero-order valence-electron chi connectivity index (χ0n) is 8.49. The molecule has 0 aliphatic carbocycles. The van der Waals surface area contributed by atoms with Crippen LogP contribution in [-0.4, -0.2) is 6.54 Å². The van der Waals surface area contributed by atoms with Crippen LogP contribution in [0, 0.1) is 0 Å². The van der Waals surface area contributed by atoms with Gasteiger partial charge in [0.05, 0.1) is 6.26 Å². The molecule has 0 atom stereocenters. The molecule has 2 nitrogen and oxygen atoms in total. The van der Waals surface area contributed by atoms with E-state index in [0.29, 0.717) is 0 Å². The Kier molecular flexibility index (Phi) is 2.07. The molecule has 0 saturated carbocycles. The second kappa shape index (κ2) is 3.55. The Bertz CT molecular complexity index is 459. The third-order valence-electron chi connectivity index (χ3n) is 2.93. The first-order valence-electron chi connectivity index (χ1n) is 5.30. The quantitative estimate of drug-likeness (QED) is 0.763. The summed E-state index contributed by atoms with van der Waals surface area (Å²) < 4.78 is 5.46. The summed E-state index contributed by atoms with van der Waals surface area (Å²) in [5, 5.41) is 3.40. The van der Waals surface area contributed by atoms with Crippen LogP contribution in [-0.2, 0) is 13.0 Å². The average molecular weight is 199 g/mol. The van der Waals surface area contributed by atoms with Gasteiger partial charge in [0.15, 0.2) is 0 Å². The first-order chi connectivity index (χ1) is 7.45. The highest BCUT2D eigenvalue weighted by Gasteiger charge is 2.14. The Morgan fingerprint density at radius 1 is 1.13 bits per heavy atom. The Hall–Kier alpha value is -1.54. The minimum atomic E-state index is 0.951. The zero-order chi connectivity index (χ0) is 10.1. The molecule has 1 aliphatic heterocycles. The summed E-state index contributed by atoms with van der Waals surface area (Å²) in [5.74, 6) is 0.968. The second-order valence-electron chi connectivity index (χ2n) is 3.85. The van der Waals surface area contributed by atoms with Crippen molar-refractivity contribution in [3.05, 3.63) is 47.7 Å². The van der Waals surface area contributed by atoms with E-state index < -0.39 is 0 Å². The maximum Gasteiger partial charge on any atom is 0.134 e. The van der Waals surface area contributed by atoms with Crippen molar-refractivity contribution < 1.29 is 4.42 Å². The number of hydrogen-bond acceptors (Lipinski definition) is 2. The molecule has 15 heavy (non-hydrogen) atoms. The van der Waals surface area contributed by atoms with Gasteiger partial charge in [0.25, 0.3) is 0 Å². The number of rotatable bonds is 1. The fourth-order valence-corrected chi connectivity index (χ4v) is 2.18. The van der Waals surface area contributed by atoms with E-state index in [1.54, 1.807) is 6.26 Å². The van der Waals surface area contributed by atoms with Crippen LogP contribution in [0.1, 0.15) is 11.1 Å². The van der Waals surface area contributed by atoms with Crippen LogP contribution < -0.4 is 5.32 Å². The van der Waals surface area contributed by atoms with Crippen LogP contribution in [0.4, 0.5) is 0 Å². The smallest absolute Gasteiger partial charge is 0.134 e. The zero-order valence-corrected chi connectivity index (χ0v) is 8.49. The SMILES string of the molecule is c1coc(-c2cccc3c2CNCC3)c1. The number of furan rings is 1. The number of fused-ring (bicyclic) bond motifs is 1. The Labute approximate surface area is 88.9 Å². The molecular formula is C13H13NO. The fourth-order valence-electron chi connectivity index (χ4n) is 2.18. The Morgan fingerprint density at radius 3 is 3.00 bits per heavy atom. The highest BCUT2D eigenvalue weighted by molar-refractivity contribution is 5.64. The van der Waals surface area contributed by atoms with Crippen molar-refractivity contribution in [2.75, 3.05) is 6.54 Å². The van der Waals surface area contributed by atoms with Crippen molar-refractivity contribution in [1.82, 2.24) is 5.32 Å². The lowest BCUT2D eigenvalue weighted by Crippen LogP contribution is -2.24. The van der Waals surface area contributed by atoms with E-state index in [-0.39, 0.29) is 0 Å². The average Bonchev–Trinajstić information content (AvgIpc) is 2.82. The number of hydrogen-bond donors (Lipinski definition) is 1. The van der Waals surface area contributed by atoms with Crippen LogP contribution >= 0.6 is 0 Å². The van der Waals surface area contributed by atoms with E-state index in [0.717, 1.165) is 25.3 Å². The van der Waals surface area contributed by atoms with E-state index in [2.05, 4.69) is 23.5 Å². The van der Waals surface area contributed by atoms with E-state index in [1.807, 2.05) is 12.1 Å². The summed E-state index contributed by atoms with van der Waals surface area (Å²) in [6, 6.07) is 10.4. The van der Waals surface area contributed by atoms with Crippen molar-refractivity contribution in [2.45, 2.75) is 13.0 Å². The Balaban J connectivity index is 2.15. The van der Waals surface area contributed by atoms with E-state index in [9.17, 15) is 0 Å². The largest absolute Gasteiger partial charge is 0.464 e. The first kappa shape index (κ1) is 8.74. The maximum atomic E-state index is 5.46. The molecule has 0 saturated heterocycles. The van der Waals surface area contributed by atoms with Gasteiger partial charge in [-0.05, 0) is 36.2 Å². The van der Waals surface area contributed by atoms with Gasteiger partial charge in [-0.25, -0.2) is 0 Å². The molecule has 0 spiro atoms. The molecule has 76 valence electrons. The summed E-state index contributed by atoms with van der Waals surface area (Å²) in [6.45, 7) is 2.03. The lowest BCUT2D eigenvalue weighted by Gasteiger charge is -2.19. The molecule has 2 aromatic rings. The van der Waals surface area contributed by atoms with Crippen LogP contribution in [0.15, 0.2) is 41.0 Å². The minimum Gasteiger partial charge on any atom is -0.464 e. The molecule has 1 N–H and O–H groups in total. The first-order valence-corrected chi connectivity index (χ1v) is 5.30. The molecule has 0 fully saturated rings. The molecule has 2 heteroatoms. The third kappa shape index (κ3) is 1.47. The molecule has 1 aromatic carbocycles. The molecule has 1 aliphatic rings. The third-order valence-corrected chi connectivity index (χ3v) is 2.93. The van der Waals surface area contributed by atoms with Crippen molar-refractivity contribution in [3.63, 3.8) is 0 Å².